The fourth-order valence-electron chi connectivity index (χ4n) is 1.78. The predicted molar refractivity (Wildman–Crippen MR) is 60.3 cm³/mol. The zero-order chi connectivity index (χ0) is 13.1. The van der Waals surface area contributed by atoms with Gasteiger partial charge >= 0.3 is 0 Å². The Balaban J connectivity index is 2.12. The van der Waals surface area contributed by atoms with Crippen molar-refractivity contribution in [2.45, 2.75) is 18.9 Å². The molecule has 1 aliphatic heterocycles. The number of carbonyl (C=O) groups excluding carboxylic acids is 3. The molecule has 0 aromatic carbocycles. The second kappa shape index (κ2) is 4.91. The Hall–Kier alpha value is -2.31. The van der Waals surface area contributed by atoms with Crippen LogP contribution in [0.25, 0.3) is 0 Å². The molecule has 0 radical (unpaired) electrons. The fourth-order valence-corrected chi connectivity index (χ4v) is 1.78. The number of nitrogens with one attached hydrogen (secondary N) is 1. The second-order valence-corrected chi connectivity index (χ2v) is 3.97. The van der Waals surface area contributed by atoms with Gasteiger partial charge in [0.05, 0.1) is 6.20 Å². The molecule has 1 aromatic rings. The molecule has 7 nitrogen and oxygen atoms in total. The minimum absolute atomic E-state index is 0.171. The van der Waals surface area contributed by atoms with Crippen LogP contribution >= 0.6 is 0 Å². The third-order valence-corrected chi connectivity index (χ3v) is 2.78. The van der Waals surface area contributed by atoms with E-state index in [1.165, 1.54) is 30.5 Å². The molecule has 1 atom stereocenters. The molecular formula is C11H12N4O3. The van der Waals surface area contributed by atoms with E-state index in [-0.39, 0.29) is 18.0 Å². The zero-order valence-corrected chi connectivity index (χ0v) is 9.79. The van der Waals surface area contributed by atoms with E-state index in [1.807, 2.05) is 0 Å². The Kier molecular flexibility index (Phi) is 3.31. The lowest BCUT2D eigenvalue weighted by atomic mass is 10.0. The number of imide groups is 1. The van der Waals surface area contributed by atoms with E-state index >= 15 is 0 Å². The van der Waals surface area contributed by atoms with Gasteiger partial charge in [-0.2, -0.15) is 0 Å². The Morgan fingerprint density at radius 3 is 2.83 bits per heavy atom. The average molecular weight is 248 g/mol. The molecule has 1 saturated heterocycles. The van der Waals surface area contributed by atoms with Crippen LogP contribution in [0.5, 0.6) is 0 Å². The largest absolute Gasteiger partial charge is 0.328 e. The summed E-state index contributed by atoms with van der Waals surface area (Å²) in [5.74, 6) is -1.15. The van der Waals surface area contributed by atoms with Crippen molar-refractivity contribution in [2.75, 3.05) is 7.05 Å². The van der Waals surface area contributed by atoms with E-state index in [0.717, 1.165) is 0 Å². The SMILES string of the molecule is CN(C(=O)c1cnccn1)C1CCC(=O)NC1=O. The van der Waals surface area contributed by atoms with E-state index in [0.29, 0.717) is 6.42 Å². The van der Waals surface area contributed by atoms with E-state index in [9.17, 15) is 14.4 Å². The number of rotatable bonds is 2. The number of piperidine rings is 1. The number of carbonyl (C=O) groups is 3. The lowest BCUT2D eigenvalue weighted by Gasteiger charge is -2.29. The molecule has 1 aromatic heterocycles. The predicted octanol–water partition coefficient (Wildman–Crippen LogP) is -0.646. The molecule has 0 saturated carbocycles. The Labute approximate surface area is 103 Å². The topological polar surface area (TPSA) is 92.3 Å². The van der Waals surface area contributed by atoms with Crippen molar-refractivity contribution in [1.82, 2.24) is 20.2 Å². The van der Waals surface area contributed by atoms with Gasteiger partial charge in [-0.3, -0.25) is 24.7 Å². The van der Waals surface area contributed by atoms with Crippen LogP contribution in [-0.2, 0) is 9.59 Å². The van der Waals surface area contributed by atoms with Crippen molar-refractivity contribution in [2.24, 2.45) is 0 Å². The summed E-state index contributed by atoms with van der Waals surface area (Å²) < 4.78 is 0. The van der Waals surface area contributed by atoms with Gasteiger partial charge in [0.1, 0.15) is 11.7 Å². The van der Waals surface area contributed by atoms with Crippen LogP contribution in [0.4, 0.5) is 0 Å². The van der Waals surface area contributed by atoms with Crippen LogP contribution in [0.15, 0.2) is 18.6 Å². The van der Waals surface area contributed by atoms with E-state index < -0.39 is 17.9 Å². The monoisotopic (exact) mass is 248 g/mol. The first-order valence-electron chi connectivity index (χ1n) is 5.46. The van der Waals surface area contributed by atoms with Crippen LogP contribution in [-0.4, -0.2) is 45.7 Å². The van der Waals surface area contributed by atoms with Crippen molar-refractivity contribution in [3.8, 4) is 0 Å². The highest BCUT2D eigenvalue weighted by molar-refractivity contribution is 6.03. The number of amides is 3. The molecule has 0 bridgehead atoms. The maximum Gasteiger partial charge on any atom is 0.274 e. The Morgan fingerprint density at radius 1 is 1.44 bits per heavy atom. The highest BCUT2D eigenvalue weighted by Crippen LogP contribution is 2.12. The molecule has 1 aliphatic rings. The van der Waals surface area contributed by atoms with Gasteiger partial charge in [-0.15, -0.1) is 0 Å². The summed E-state index contributed by atoms with van der Waals surface area (Å²) in [6, 6.07) is -0.641. The maximum absolute atomic E-state index is 12.0. The first-order valence-corrected chi connectivity index (χ1v) is 5.46. The van der Waals surface area contributed by atoms with Gasteiger partial charge in [-0.05, 0) is 6.42 Å². The molecule has 1 fully saturated rings. The summed E-state index contributed by atoms with van der Waals surface area (Å²) in [6.45, 7) is 0. The summed E-state index contributed by atoms with van der Waals surface area (Å²) in [5, 5.41) is 2.21. The molecule has 1 unspecified atom stereocenters. The van der Waals surface area contributed by atoms with Gasteiger partial charge in [-0.1, -0.05) is 0 Å². The zero-order valence-electron chi connectivity index (χ0n) is 9.79. The fraction of sp³-hybridized carbons (Fsp3) is 0.364. The van der Waals surface area contributed by atoms with Crippen molar-refractivity contribution in [3.63, 3.8) is 0 Å². The van der Waals surface area contributed by atoms with Crippen molar-refractivity contribution in [3.05, 3.63) is 24.3 Å². The Morgan fingerprint density at radius 2 is 2.22 bits per heavy atom. The van der Waals surface area contributed by atoms with Crippen LogP contribution < -0.4 is 5.32 Å². The summed E-state index contributed by atoms with van der Waals surface area (Å²) >= 11 is 0. The lowest BCUT2D eigenvalue weighted by molar-refractivity contribution is -0.136. The lowest BCUT2D eigenvalue weighted by Crippen LogP contribution is -2.53. The molecule has 7 heteroatoms. The molecule has 3 amide bonds. The maximum atomic E-state index is 12.0. The van der Waals surface area contributed by atoms with E-state index in [4.69, 9.17) is 0 Å². The summed E-state index contributed by atoms with van der Waals surface area (Å²) in [6.07, 6.45) is 4.76. The highest BCUT2D eigenvalue weighted by Gasteiger charge is 2.32. The normalized spacial score (nSPS) is 19.3. The van der Waals surface area contributed by atoms with Gasteiger partial charge in [-0.25, -0.2) is 4.98 Å². The number of hydrogen-bond donors (Lipinski definition) is 1. The first-order chi connectivity index (χ1) is 8.59. The van der Waals surface area contributed by atoms with Crippen LogP contribution in [0.1, 0.15) is 23.3 Å². The molecule has 0 aliphatic carbocycles. The molecular weight excluding hydrogens is 236 g/mol. The standard InChI is InChI=1S/C11H12N4O3/c1-15(8-2-3-9(16)14-10(8)17)11(18)7-6-12-4-5-13-7/h4-6,8H,2-3H2,1H3,(H,14,16,17). The number of aromatic nitrogens is 2. The van der Waals surface area contributed by atoms with E-state index in [2.05, 4.69) is 15.3 Å². The van der Waals surface area contributed by atoms with Crippen molar-refractivity contribution < 1.29 is 14.4 Å². The van der Waals surface area contributed by atoms with Crippen LogP contribution in [0, 0.1) is 0 Å². The third-order valence-electron chi connectivity index (χ3n) is 2.78. The van der Waals surface area contributed by atoms with Crippen LogP contribution in [0.3, 0.4) is 0 Å². The van der Waals surface area contributed by atoms with Gasteiger partial charge in [0, 0.05) is 25.9 Å². The molecule has 2 heterocycles. The molecule has 0 spiro atoms. The summed E-state index contributed by atoms with van der Waals surface area (Å²) in [7, 11) is 1.51. The number of hydrogen-bond acceptors (Lipinski definition) is 5. The van der Waals surface area contributed by atoms with Gasteiger partial charge in [0.25, 0.3) is 5.91 Å². The molecule has 1 N–H and O–H groups in total. The van der Waals surface area contributed by atoms with Gasteiger partial charge in [0.15, 0.2) is 0 Å². The summed E-state index contributed by atoms with van der Waals surface area (Å²) in [5.41, 5.74) is 0.171. The Bertz CT molecular complexity index is 488. The number of likely N-dealkylation sites (N-methyl/N-ethyl adjacent to an activating group) is 1. The van der Waals surface area contributed by atoms with Crippen LogP contribution in [0.2, 0.25) is 0 Å². The first kappa shape index (κ1) is 12.2. The molecule has 18 heavy (non-hydrogen) atoms. The van der Waals surface area contributed by atoms with Crippen molar-refractivity contribution in [1.29, 1.82) is 0 Å². The van der Waals surface area contributed by atoms with Crippen molar-refractivity contribution >= 4 is 17.7 Å². The smallest absolute Gasteiger partial charge is 0.274 e. The average Bonchev–Trinajstić information content (AvgIpc) is 2.38. The number of nitrogens with zero attached hydrogens (tertiary/aromatic N) is 3. The molecule has 94 valence electrons. The van der Waals surface area contributed by atoms with E-state index in [1.54, 1.807) is 0 Å². The second-order valence-electron chi connectivity index (χ2n) is 3.97. The minimum Gasteiger partial charge on any atom is -0.328 e. The third kappa shape index (κ3) is 2.34. The van der Waals surface area contributed by atoms with Gasteiger partial charge in [0.2, 0.25) is 11.8 Å². The quantitative estimate of drug-likeness (QED) is 0.702. The van der Waals surface area contributed by atoms with Gasteiger partial charge < -0.3 is 4.90 Å². The highest BCUT2D eigenvalue weighted by atomic mass is 16.2. The minimum atomic E-state index is -0.641. The summed E-state index contributed by atoms with van der Waals surface area (Å²) in [4.78, 5) is 43.6. The molecule has 2 rings (SSSR count).